The molecule has 0 bridgehead atoms. The molecular formula is C20H29N2O8P. The van der Waals surface area contributed by atoms with E-state index < -0.39 is 49.1 Å². The molecule has 1 aromatic rings. The minimum Gasteiger partial charge on any atom is -0.388 e. The lowest BCUT2D eigenvalue weighted by Crippen LogP contribution is -2.38. The fraction of sp³-hybridized carbons (Fsp3) is 0.600. The SMILES string of the molecule is C=C(C)C#Cc1[nH]c(=O)ncc1[C@@H]1O[C@H](CC(C)(C)OP(=O)(O)C(C)O)C(O)C1OC. The molecule has 31 heavy (non-hydrogen) atoms. The normalized spacial score (nSPS) is 26.6. The topological polar surface area (TPSA) is 151 Å². The zero-order chi connectivity index (χ0) is 23.6. The molecular weight excluding hydrogens is 427 g/mol. The molecule has 0 amide bonds. The van der Waals surface area contributed by atoms with E-state index in [0.717, 1.165) is 6.92 Å². The number of methoxy groups -OCH3 is 1. The zero-order valence-corrected chi connectivity index (χ0v) is 19.1. The largest absolute Gasteiger partial charge is 0.388 e. The van der Waals surface area contributed by atoms with Gasteiger partial charge in [0.15, 0.2) is 5.85 Å². The second-order valence-electron chi connectivity index (χ2n) is 8.09. The van der Waals surface area contributed by atoms with Crippen molar-refractivity contribution in [2.45, 2.75) is 70.0 Å². The summed E-state index contributed by atoms with van der Waals surface area (Å²) in [6, 6.07) is 0. The van der Waals surface area contributed by atoms with Crippen LogP contribution in [0.5, 0.6) is 0 Å². The third kappa shape index (κ3) is 6.34. The van der Waals surface area contributed by atoms with Gasteiger partial charge < -0.3 is 29.1 Å². The standard InChI is InChI=1S/C20H29N2O8P/c1-11(2)7-8-14-13(10-21-19(25)22-14)17-18(28-6)16(24)15(29-17)9-20(4,5)30-31(26,27)12(3)23/h10,12,15-18,23-24H,1,9H2,2-6H3,(H,26,27)(H,21,22,25)/t12?,15-,16?,17+,18?/m1/s1. The monoisotopic (exact) mass is 456 g/mol. The average molecular weight is 456 g/mol. The molecule has 1 fully saturated rings. The van der Waals surface area contributed by atoms with Crippen molar-refractivity contribution in [3.63, 3.8) is 0 Å². The Morgan fingerprint density at radius 3 is 2.71 bits per heavy atom. The van der Waals surface area contributed by atoms with Gasteiger partial charge in [0.2, 0.25) is 0 Å². The van der Waals surface area contributed by atoms with E-state index in [1.54, 1.807) is 20.8 Å². The van der Waals surface area contributed by atoms with Crippen molar-refractivity contribution < 1.29 is 33.7 Å². The molecule has 0 radical (unpaired) electrons. The summed E-state index contributed by atoms with van der Waals surface area (Å²) in [5.41, 5.74) is -0.552. The van der Waals surface area contributed by atoms with E-state index in [1.165, 1.54) is 13.3 Å². The Bertz CT molecular complexity index is 977. The molecule has 1 aliphatic heterocycles. The summed E-state index contributed by atoms with van der Waals surface area (Å²) >= 11 is 0. The summed E-state index contributed by atoms with van der Waals surface area (Å²) in [6.07, 6.45) is -2.27. The Labute approximate surface area is 180 Å². The number of nitrogens with one attached hydrogen (secondary N) is 1. The first-order chi connectivity index (χ1) is 14.3. The van der Waals surface area contributed by atoms with Crippen LogP contribution in [0.4, 0.5) is 0 Å². The van der Waals surface area contributed by atoms with E-state index in [0.29, 0.717) is 11.1 Å². The molecule has 4 unspecified atom stereocenters. The van der Waals surface area contributed by atoms with Crippen molar-refractivity contribution in [1.29, 1.82) is 0 Å². The van der Waals surface area contributed by atoms with Gasteiger partial charge in [0.05, 0.1) is 11.7 Å². The van der Waals surface area contributed by atoms with Crippen LogP contribution in [0.15, 0.2) is 23.1 Å². The number of aliphatic hydroxyl groups excluding tert-OH is 2. The van der Waals surface area contributed by atoms with Gasteiger partial charge >= 0.3 is 13.3 Å². The van der Waals surface area contributed by atoms with Crippen molar-refractivity contribution in [3.8, 4) is 11.8 Å². The Morgan fingerprint density at radius 1 is 1.52 bits per heavy atom. The van der Waals surface area contributed by atoms with Gasteiger partial charge in [0, 0.05) is 25.3 Å². The fourth-order valence-corrected chi connectivity index (χ4v) is 4.20. The minimum atomic E-state index is -4.28. The number of hydrogen-bond acceptors (Lipinski definition) is 8. The number of nitrogens with zero attached hydrogens (tertiary/aromatic N) is 1. The van der Waals surface area contributed by atoms with Crippen LogP contribution in [-0.4, -0.2) is 61.9 Å². The minimum absolute atomic E-state index is 0.0192. The molecule has 0 spiro atoms. The van der Waals surface area contributed by atoms with E-state index in [9.17, 15) is 24.5 Å². The number of allylic oxidation sites excluding steroid dienone is 1. The lowest BCUT2D eigenvalue weighted by atomic mass is 9.95. The lowest BCUT2D eigenvalue weighted by molar-refractivity contribution is -0.0417. The van der Waals surface area contributed by atoms with Gasteiger partial charge in [-0.3, -0.25) is 9.55 Å². The number of aliphatic hydroxyl groups is 2. The molecule has 172 valence electrons. The van der Waals surface area contributed by atoms with Gasteiger partial charge in [0.1, 0.15) is 24.0 Å². The molecule has 6 atom stereocenters. The van der Waals surface area contributed by atoms with Crippen molar-refractivity contribution >= 4 is 7.60 Å². The Kier molecular flexibility index (Phi) is 8.00. The van der Waals surface area contributed by atoms with Crippen LogP contribution in [0.2, 0.25) is 0 Å². The summed E-state index contributed by atoms with van der Waals surface area (Å²) in [6.45, 7) is 9.68. The van der Waals surface area contributed by atoms with Crippen LogP contribution >= 0.6 is 7.60 Å². The molecule has 0 aliphatic carbocycles. The first-order valence-electron chi connectivity index (χ1n) is 9.62. The summed E-state index contributed by atoms with van der Waals surface area (Å²) < 4.78 is 28.8. The van der Waals surface area contributed by atoms with Crippen LogP contribution in [-0.2, 0) is 18.6 Å². The number of rotatable bonds is 7. The predicted octanol–water partition coefficient (Wildman–Crippen LogP) is 1.22. The molecule has 10 nitrogen and oxygen atoms in total. The van der Waals surface area contributed by atoms with Gasteiger partial charge in [-0.15, -0.1) is 0 Å². The van der Waals surface area contributed by atoms with Crippen LogP contribution in [0.3, 0.4) is 0 Å². The molecule has 2 heterocycles. The predicted molar refractivity (Wildman–Crippen MR) is 112 cm³/mol. The number of H-pyrrole nitrogens is 1. The van der Waals surface area contributed by atoms with Gasteiger partial charge in [-0.25, -0.2) is 9.78 Å². The Balaban J connectivity index is 2.34. The highest BCUT2D eigenvalue weighted by molar-refractivity contribution is 7.53. The lowest BCUT2D eigenvalue weighted by Gasteiger charge is -2.31. The van der Waals surface area contributed by atoms with Crippen molar-refractivity contribution in [3.05, 3.63) is 40.1 Å². The zero-order valence-electron chi connectivity index (χ0n) is 18.2. The maximum atomic E-state index is 12.1. The van der Waals surface area contributed by atoms with Gasteiger partial charge in [0.25, 0.3) is 0 Å². The molecule has 1 aromatic heterocycles. The molecule has 0 aromatic carbocycles. The summed E-state index contributed by atoms with van der Waals surface area (Å²) in [5, 5.41) is 20.3. The van der Waals surface area contributed by atoms with Crippen LogP contribution in [0.25, 0.3) is 0 Å². The average Bonchev–Trinajstić information content (AvgIpc) is 2.93. The number of aromatic amines is 1. The molecule has 1 aliphatic rings. The first kappa shape index (κ1) is 25.4. The number of aromatic nitrogens is 2. The van der Waals surface area contributed by atoms with E-state index in [2.05, 4.69) is 28.4 Å². The first-order valence-corrected chi connectivity index (χ1v) is 11.3. The summed E-state index contributed by atoms with van der Waals surface area (Å²) in [4.78, 5) is 27.8. The van der Waals surface area contributed by atoms with Crippen LogP contribution in [0.1, 0.15) is 51.5 Å². The summed E-state index contributed by atoms with van der Waals surface area (Å²) in [5.74, 6) is 4.02. The summed E-state index contributed by atoms with van der Waals surface area (Å²) in [7, 11) is -2.87. The van der Waals surface area contributed by atoms with E-state index in [4.69, 9.17) is 14.0 Å². The maximum absolute atomic E-state index is 12.1. The van der Waals surface area contributed by atoms with Gasteiger partial charge in [-0.05, 0) is 39.2 Å². The Morgan fingerprint density at radius 2 is 2.16 bits per heavy atom. The van der Waals surface area contributed by atoms with Crippen LogP contribution in [0, 0.1) is 11.8 Å². The molecule has 4 N–H and O–H groups in total. The second kappa shape index (κ2) is 9.76. The fourth-order valence-electron chi connectivity index (χ4n) is 3.26. The van der Waals surface area contributed by atoms with Crippen molar-refractivity contribution in [2.24, 2.45) is 0 Å². The third-order valence-electron chi connectivity index (χ3n) is 4.70. The van der Waals surface area contributed by atoms with Crippen molar-refractivity contribution in [1.82, 2.24) is 9.97 Å². The van der Waals surface area contributed by atoms with Gasteiger partial charge in [-0.2, -0.15) is 0 Å². The number of ether oxygens (including phenoxy) is 2. The maximum Gasteiger partial charge on any atom is 0.356 e. The Hall–Kier alpha value is -1.83. The van der Waals surface area contributed by atoms with E-state index in [1.807, 2.05) is 0 Å². The highest BCUT2D eigenvalue weighted by atomic mass is 31.2. The van der Waals surface area contributed by atoms with Gasteiger partial charge in [-0.1, -0.05) is 12.5 Å². The molecule has 0 saturated carbocycles. The van der Waals surface area contributed by atoms with E-state index >= 15 is 0 Å². The molecule has 2 rings (SSSR count). The number of hydrogen-bond donors (Lipinski definition) is 4. The molecule has 11 heteroatoms. The quantitative estimate of drug-likeness (QED) is 0.351. The second-order valence-corrected chi connectivity index (χ2v) is 10.1. The van der Waals surface area contributed by atoms with Crippen molar-refractivity contribution in [2.75, 3.05) is 7.11 Å². The third-order valence-corrected chi connectivity index (χ3v) is 6.40. The highest BCUT2D eigenvalue weighted by Gasteiger charge is 2.48. The van der Waals surface area contributed by atoms with Crippen LogP contribution < -0.4 is 5.69 Å². The smallest absolute Gasteiger partial charge is 0.356 e. The van der Waals surface area contributed by atoms with E-state index in [-0.39, 0.29) is 12.1 Å². The highest BCUT2D eigenvalue weighted by Crippen LogP contribution is 2.51. The molecule has 1 saturated heterocycles.